The third-order valence-corrected chi connectivity index (χ3v) is 4.69. The number of carbonyl (C=O) groups is 2. The van der Waals surface area contributed by atoms with Crippen LogP contribution in [0.2, 0.25) is 0 Å². The Morgan fingerprint density at radius 1 is 0.931 bits per heavy atom. The van der Waals surface area contributed by atoms with Crippen LogP contribution in [0.1, 0.15) is 29.2 Å². The number of benzene rings is 2. The molecular formula is C22H22N2O4S. The van der Waals surface area contributed by atoms with Crippen molar-refractivity contribution in [3.63, 3.8) is 0 Å². The molecule has 0 aromatic heterocycles. The van der Waals surface area contributed by atoms with Crippen LogP contribution < -0.4 is 20.1 Å². The first kappa shape index (κ1) is 20.5. The molecule has 0 aliphatic carbocycles. The van der Waals surface area contributed by atoms with Crippen molar-refractivity contribution in [2.24, 2.45) is 0 Å². The van der Waals surface area contributed by atoms with Crippen molar-refractivity contribution >= 4 is 35.2 Å². The first-order valence-electron chi connectivity index (χ1n) is 9.21. The van der Waals surface area contributed by atoms with Gasteiger partial charge in [0.25, 0.3) is 11.8 Å². The molecular weight excluding hydrogens is 388 g/mol. The lowest BCUT2D eigenvalue weighted by Crippen LogP contribution is -2.51. The summed E-state index contributed by atoms with van der Waals surface area (Å²) in [6, 6.07) is 11.5. The summed E-state index contributed by atoms with van der Waals surface area (Å²) in [6.07, 6.45) is 1.49. The van der Waals surface area contributed by atoms with Gasteiger partial charge in [-0.05, 0) is 73.5 Å². The molecule has 6 nitrogen and oxygen atoms in total. The van der Waals surface area contributed by atoms with Crippen molar-refractivity contribution in [3.8, 4) is 11.5 Å². The molecule has 2 N–H and O–H groups in total. The van der Waals surface area contributed by atoms with Gasteiger partial charge in [-0.2, -0.15) is 0 Å². The van der Waals surface area contributed by atoms with Gasteiger partial charge >= 0.3 is 0 Å². The molecule has 1 aliphatic heterocycles. The number of hydrogen-bond acceptors (Lipinski definition) is 5. The van der Waals surface area contributed by atoms with Gasteiger partial charge in [-0.1, -0.05) is 24.3 Å². The topological polar surface area (TPSA) is 76.7 Å². The molecule has 1 aliphatic rings. The highest BCUT2D eigenvalue weighted by atomic mass is 32.1. The monoisotopic (exact) mass is 410 g/mol. The summed E-state index contributed by atoms with van der Waals surface area (Å²) in [6.45, 7) is 6.87. The smallest absolute Gasteiger partial charge is 0.263 e. The van der Waals surface area contributed by atoms with Crippen LogP contribution in [0.15, 0.2) is 42.0 Å². The van der Waals surface area contributed by atoms with E-state index in [2.05, 4.69) is 36.6 Å². The molecule has 1 heterocycles. The maximum Gasteiger partial charge on any atom is 0.263 e. The molecule has 0 bridgehead atoms. The molecule has 2 aromatic carbocycles. The SMILES string of the molecule is CCOc1cc(C=C2C(=O)NC(=S)NC2=O)ccc1OCc1ccc(C)c(C)c1. The summed E-state index contributed by atoms with van der Waals surface area (Å²) >= 11 is 4.81. The molecule has 3 rings (SSSR count). The van der Waals surface area contributed by atoms with Gasteiger partial charge in [-0.15, -0.1) is 0 Å². The van der Waals surface area contributed by atoms with Crippen LogP contribution in [0, 0.1) is 13.8 Å². The Bertz CT molecular complexity index is 992. The molecule has 1 fully saturated rings. The highest BCUT2D eigenvalue weighted by Crippen LogP contribution is 2.30. The molecule has 0 spiro atoms. The van der Waals surface area contributed by atoms with E-state index in [-0.39, 0.29) is 10.7 Å². The van der Waals surface area contributed by atoms with E-state index < -0.39 is 11.8 Å². The molecule has 0 radical (unpaired) electrons. The maximum absolute atomic E-state index is 12.0. The fourth-order valence-electron chi connectivity index (χ4n) is 2.83. The van der Waals surface area contributed by atoms with Gasteiger partial charge in [0.15, 0.2) is 16.6 Å². The number of rotatable bonds is 6. The van der Waals surface area contributed by atoms with E-state index in [4.69, 9.17) is 21.7 Å². The van der Waals surface area contributed by atoms with Crippen LogP contribution in [0.25, 0.3) is 6.08 Å². The third-order valence-electron chi connectivity index (χ3n) is 4.49. The molecule has 2 aromatic rings. The normalized spacial score (nSPS) is 13.6. The van der Waals surface area contributed by atoms with E-state index in [1.807, 2.05) is 13.0 Å². The van der Waals surface area contributed by atoms with Crippen molar-refractivity contribution in [1.29, 1.82) is 0 Å². The quantitative estimate of drug-likeness (QED) is 0.435. The van der Waals surface area contributed by atoms with Crippen LogP contribution in [-0.2, 0) is 16.2 Å². The highest BCUT2D eigenvalue weighted by molar-refractivity contribution is 7.80. The van der Waals surface area contributed by atoms with Crippen molar-refractivity contribution in [3.05, 3.63) is 64.2 Å². The van der Waals surface area contributed by atoms with Crippen LogP contribution in [-0.4, -0.2) is 23.5 Å². The van der Waals surface area contributed by atoms with E-state index in [0.717, 1.165) is 5.56 Å². The van der Waals surface area contributed by atoms with E-state index in [0.29, 0.717) is 30.3 Å². The summed E-state index contributed by atoms with van der Waals surface area (Å²) in [5, 5.41) is 4.83. The standard InChI is InChI=1S/C22H22N2O4S/c1-4-27-19-11-15(10-17-20(25)23-22(29)24-21(17)26)7-8-18(19)28-12-16-6-5-13(2)14(3)9-16/h5-11H,4,12H2,1-3H3,(H2,23,24,25,26,29). The zero-order valence-electron chi connectivity index (χ0n) is 16.5. The predicted octanol–water partition coefficient (Wildman–Crippen LogP) is 3.20. The van der Waals surface area contributed by atoms with E-state index in [9.17, 15) is 9.59 Å². The number of hydrogen-bond donors (Lipinski definition) is 2. The molecule has 0 atom stereocenters. The molecule has 29 heavy (non-hydrogen) atoms. The minimum Gasteiger partial charge on any atom is -0.490 e. The van der Waals surface area contributed by atoms with Gasteiger partial charge < -0.3 is 9.47 Å². The lowest BCUT2D eigenvalue weighted by molar-refractivity contribution is -0.123. The fourth-order valence-corrected chi connectivity index (χ4v) is 3.01. The highest BCUT2D eigenvalue weighted by Gasteiger charge is 2.25. The molecule has 150 valence electrons. The van der Waals surface area contributed by atoms with Gasteiger partial charge in [0, 0.05) is 0 Å². The van der Waals surface area contributed by atoms with E-state index in [1.54, 1.807) is 18.2 Å². The van der Waals surface area contributed by atoms with Gasteiger partial charge in [0.2, 0.25) is 0 Å². The lowest BCUT2D eigenvalue weighted by Gasteiger charge is -2.17. The first-order valence-corrected chi connectivity index (χ1v) is 9.62. The number of aryl methyl sites for hydroxylation is 2. The van der Waals surface area contributed by atoms with Crippen LogP contribution in [0.3, 0.4) is 0 Å². The average Bonchev–Trinajstić information content (AvgIpc) is 2.67. The number of carbonyl (C=O) groups excluding carboxylic acids is 2. The molecule has 0 saturated carbocycles. The predicted molar refractivity (Wildman–Crippen MR) is 115 cm³/mol. The Labute approximate surface area is 174 Å². The molecule has 0 unspecified atom stereocenters. The second-order valence-corrected chi connectivity index (χ2v) is 7.05. The second kappa shape index (κ2) is 8.87. The lowest BCUT2D eigenvalue weighted by atomic mass is 10.1. The van der Waals surface area contributed by atoms with Gasteiger partial charge in [-0.25, -0.2) is 0 Å². The summed E-state index contributed by atoms with van der Waals surface area (Å²) in [5.74, 6) is 0.0577. The van der Waals surface area contributed by atoms with Crippen LogP contribution in [0.4, 0.5) is 0 Å². The Morgan fingerprint density at radius 3 is 2.31 bits per heavy atom. The number of amides is 2. The first-order chi connectivity index (χ1) is 13.9. The van der Waals surface area contributed by atoms with Gasteiger partial charge in [0.05, 0.1) is 6.61 Å². The zero-order chi connectivity index (χ0) is 21.0. The summed E-state index contributed by atoms with van der Waals surface area (Å²) in [5.41, 5.74) is 4.12. The Morgan fingerprint density at radius 2 is 1.66 bits per heavy atom. The van der Waals surface area contributed by atoms with Crippen molar-refractivity contribution in [2.45, 2.75) is 27.4 Å². The maximum atomic E-state index is 12.0. The average molecular weight is 410 g/mol. The van der Waals surface area contributed by atoms with Crippen LogP contribution >= 0.6 is 12.2 Å². The van der Waals surface area contributed by atoms with E-state index >= 15 is 0 Å². The largest absolute Gasteiger partial charge is 0.490 e. The van der Waals surface area contributed by atoms with Crippen molar-refractivity contribution < 1.29 is 19.1 Å². The molecule has 7 heteroatoms. The van der Waals surface area contributed by atoms with Crippen LogP contribution in [0.5, 0.6) is 11.5 Å². The summed E-state index contributed by atoms with van der Waals surface area (Å²) < 4.78 is 11.6. The fraction of sp³-hybridized carbons (Fsp3) is 0.227. The summed E-state index contributed by atoms with van der Waals surface area (Å²) in [4.78, 5) is 24.0. The minimum absolute atomic E-state index is 0.00208. The number of thiocarbonyl (C=S) groups is 1. The Hall–Kier alpha value is -3.19. The zero-order valence-corrected chi connectivity index (χ0v) is 17.3. The molecule has 2 amide bonds. The number of ether oxygens (including phenoxy) is 2. The Balaban J connectivity index is 1.82. The van der Waals surface area contributed by atoms with Crippen molar-refractivity contribution in [2.75, 3.05) is 6.61 Å². The van der Waals surface area contributed by atoms with Gasteiger partial charge in [-0.3, -0.25) is 20.2 Å². The van der Waals surface area contributed by atoms with Gasteiger partial charge in [0.1, 0.15) is 12.2 Å². The number of nitrogens with one attached hydrogen (secondary N) is 2. The minimum atomic E-state index is -0.535. The third kappa shape index (κ3) is 5.00. The molecule has 1 saturated heterocycles. The van der Waals surface area contributed by atoms with Crippen molar-refractivity contribution in [1.82, 2.24) is 10.6 Å². The second-order valence-electron chi connectivity index (χ2n) is 6.64. The van der Waals surface area contributed by atoms with E-state index in [1.165, 1.54) is 17.2 Å². The Kier molecular flexibility index (Phi) is 6.29. The summed E-state index contributed by atoms with van der Waals surface area (Å²) in [7, 11) is 0.